The Kier molecular flexibility index (Phi) is 4.06. The minimum absolute atomic E-state index is 0.246. The zero-order valence-corrected chi connectivity index (χ0v) is 12.6. The first-order valence-electron chi connectivity index (χ1n) is 8.60. The third-order valence-electron chi connectivity index (χ3n) is 6.19. The molecular weight excluding hydrogens is 248 g/mol. The largest absolute Gasteiger partial charge is 0.387 e. The first-order valence-corrected chi connectivity index (χ1v) is 8.60. The van der Waals surface area contributed by atoms with Crippen LogP contribution in [0.15, 0.2) is 0 Å². The summed E-state index contributed by atoms with van der Waals surface area (Å²) in [7, 11) is 0. The summed E-state index contributed by atoms with van der Waals surface area (Å²) in [5.41, 5.74) is -1.23. The monoisotopic (exact) mass is 276 g/mol. The summed E-state index contributed by atoms with van der Waals surface area (Å²) in [4.78, 5) is 2.46. The topological polar surface area (TPSA) is 47.3 Å². The Morgan fingerprint density at radius 3 is 2.30 bits per heavy atom. The fraction of sp³-hybridized carbons (Fsp3) is 0.941. The van der Waals surface area contributed by atoms with Crippen molar-refractivity contribution in [3.8, 4) is 6.07 Å². The molecule has 0 bridgehead atoms. The Morgan fingerprint density at radius 2 is 1.60 bits per heavy atom. The quantitative estimate of drug-likeness (QED) is 0.800. The van der Waals surface area contributed by atoms with Gasteiger partial charge in [0.25, 0.3) is 0 Å². The van der Waals surface area contributed by atoms with Crippen molar-refractivity contribution in [3.63, 3.8) is 0 Å². The molecule has 3 rings (SSSR count). The first kappa shape index (κ1) is 14.4. The molecule has 0 aromatic carbocycles. The van der Waals surface area contributed by atoms with E-state index in [9.17, 15) is 10.4 Å². The number of aliphatic hydroxyl groups is 1. The highest BCUT2D eigenvalue weighted by Gasteiger charge is 2.59. The maximum absolute atomic E-state index is 11.5. The minimum atomic E-state index is -0.750. The van der Waals surface area contributed by atoms with Gasteiger partial charge in [0, 0.05) is 12.6 Å². The lowest BCUT2D eigenvalue weighted by Gasteiger charge is -2.47. The molecule has 112 valence electrons. The van der Waals surface area contributed by atoms with Crippen molar-refractivity contribution in [1.82, 2.24) is 4.90 Å². The zero-order valence-electron chi connectivity index (χ0n) is 12.6. The van der Waals surface area contributed by atoms with Crippen molar-refractivity contribution in [1.29, 1.82) is 5.26 Å². The van der Waals surface area contributed by atoms with Crippen molar-refractivity contribution in [2.24, 2.45) is 5.41 Å². The molecule has 0 aromatic rings. The number of piperidine rings is 1. The van der Waals surface area contributed by atoms with Gasteiger partial charge in [-0.15, -0.1) is 0 Å². The molecule has 0 radical (unpaired) electrons. The Balaban J connectivity index is 1.88. The molecule has 0 aromatic heterocycles. The third kappa shape index (κ3) is 2.18. The maximum Gasteiger partial charge on any atom is 0.0999 e. The molecule has 2 saturated heterocycles. The van der Waals surface area contributed by atoms with Crippen molar-refractivity contribution in [2.45, 2.75) is 82.3 Å². The van der Waals surface area contributed by atoms with Crippen molar-refractivity contribution in [2.75, 3.05) is 13.1 Å². The summed E-state index contributed by atoms with van der Waals surface area (Å²) in [6.45, 7) is 2.11. The number of fused-ring (bicyclic) bond motifs is 1. The summed E-state index contributed by atoms with van der Waals surface area (Å²) >= 11 is 0. The van der Waals surface area contributed by atoms with Crippen LogP contribution in [-0.2, 0) is 0 Å². The molecule has 3 heteroatoms. The van der Waals surface area contributed by atoms with Crippen molar-refractivity contribution >= 4 is 0 Å². The molecule has 20 heavy (non-hydrogen) atoms. The van der Waals surface area contributed by atoms with E-state index in [2.05, 4.69) is 11.0 Å². The lowest BCUT2D eigenvalue weighted by atomic mass is 9.62. The highest BCUT2D eigenvalue weighted by Crippen LogP contribution is 2.51. The van der Waals surface area contributed by atoms with Crippen LogP contribution in [0.2, 0.25) is 0 Å². The molecule has 0 spiro atoms. The van der Waals surface area contributed by atoms with Crippen LogP contribution < -0.4 is 0 Å². The van der Waals surface area contributed by atoms with E-state index in [4.69, 9.17) is 0 Å². The number of rotatable bonds is 1. The Bertz CT molecular complexity index is 381. The number of hydrogen-bond donors (Lipinski definition) is 1. The van der Waals surface area contributed by atoms with Gasteiger partial charge < -0.3 is 5.11 Å². The van der Waals surface area contributed by atoms with Crippen LogP contribution in [0.4, 0.5) is 0 Å². The molecule has 3 fully saturated rings. The zero-order chi connectivity index (χ0) is 14.1. The lowest BCUT2D eigenvalue weighted by Crippen LogP contribution is -2.57. The number of nitriles is 1. The summed E-state index contributed by atoms with van der Waals surface area (Å²) in [5, 5.41) is 21.5. The average Bonchev–Trinajstić information content (AvgIpc) is 2.79. The molecule has 1 saturated carbocycles. The van der Waals surface area contributed by atoms with E-state index in [0.29, 0.717) is 0 Å². The summed E-state index contributed by atoms with van der Waals surface area (Å²) in [6, 6.07) is 2.87. The van der Waals surface area contributed by atoms with E-state index < -0.39 is 11.0 Å². The van der Waals surface area contributed by atoms with Crippen LogP contribution in [-0.4, -0.2) is 34.7 Å². The standard InChI is InChI=1S/C17H28N2O/c18-14-16(9-5-2-1-3-6-10-16)17(20)11-13-19-12-7-4-8-15(17)19/h15,20H,1-13H2. The summed E-state index contributed by atoms with van der Waals surface area (Å²) in [5.74, 6) is 0. The predicted octanol–water partition coefficient (Wildman–Crippen LogP) is 3.23. The normalized spacial score (nSPS) is 38.5. The van der Waals surface area contributed by atoms with Gasteiger partial charge in [-0.1, -0.05) is 38.5 Å². The van der Waals surface area contributed by atoms with E-state index in [1.165, 1.54) is 32.1 Å². The molecule has 2 unspecified atom stereocenters. The van der Waals surface area contributed by atoms with E-state index in [1.807, 2.05) is 0 Å². The molecule has 3 aliphatic rings. The van der Waals surface area contributed by atoms with Gasteiger partial charge in [0.05, 0.1) is 17.1 Å². The Hall–Kier alpha value is -0.590. The van der Waals surface area contributed by atoms with Crippen molar-refractivity contribution in [3.05, 3.63) is 0 Å². The molecule has 1 N–H and O–H groups in total. The van der Waals surface area contributed by atoms with Gasteiger partial charge in [-0.3, -0.25) is 4.90 Å². The van der Waals surface area contributed by atoms with E-state index >= 15 is 0 Å². The Labute approximate surface area is 123 Å². The molecule has 2 heterocycles. The first-order chi connectivity index (χ1) is 9.72. The van der Waals surface area contributed by atoms with E-state index in [1.54, 1.807) is 0 Å². The van der Waals surface area contributed by atoms with Crippen LogP contribution in [0.5, 0.6) is 0 Å². The van der Waals surface area contributed by atoms with Crippen LogP contribution in [0.3, 0.4) is 0 Å². The van der Waals surface area contributed by atoms with Crippen LogP contribution in [0.25, 0.3) is 0 Å². The second kappa shape index (κ2) is 5.66. The molecule has 2 aliphatic heterocycles. The summed E-state index contributed by atoms with van der Waals surface area (Å²) in [6.07, 6.45) is 12.2. The highest BCUT2D eigenvalue weighted by molar-refractivity contribution is 5.19. The smallest absolute Gasteiger partial charge is 0.0999 e. The molecule has 0 amide bonds. The van der Waals surface area contributed by atoms with Crippen LogP contribution in [0.1, 0.15) is 70.6 Å². The van der Waals surface area contributed by atoms with Gasteiger partial charge >= 0.3 is 0 Å². The van der Waals surface area contributed by atoms with E-state index in [-0.39, 0.29) is 6.04 Å². The summed E-state index contributed by atoms with van der Waals surface area (Å²) < 4.78 is 0. The van der Waals surface area contributed by atoms with Gasteiger partial charge in [-0.2, -0.15) is 5.26 Å². The van der Waals surface area contributed by atoms with Crippen molar-refractivity contribution < 1.29 is 5.11 Å². The lowest BCUT2D eigenvalue weighted by molar-refractivity contribution is -0.0969. The maximum atomic E-state index is 11.5. The average molecular weight is 276 g/mol. The fourth-order valence-electron chi connectivity index (χ4n) is 4.99. The predicted molar refractivity (Wildman–Crippen MR) is 79.1 cm³/mol. The molecule has 1 aliphatic carbocycles. The molecule has 3 nitrogen and oxygen atoms in total. The van der Waals surface area contributed by atoms with Gasteiger partial charge in [-0.05, 0) is 38.6 Å². The number of nitrogens with zero attached hydrogens (tertiary/aromatic N) is 2. The SMILES string of the molecule is N#CC1(C2(O)CCN3CCCCC32)CCCCCCC1. The second-order valence-electron chi connectivity index (χ2n) is 7.18. The van der Waals surface area contributed by atoms with Crippen LogP contribution in [0, 0.1) is 16.7 Å². The van der Waals surface area contributed by atoms with Gasteiger partial charge in [0.15, 0.2) is 0 Å². The Morgan fingerprint density at radius 1 is 0.900 bits per heavy atom. The highest BCUT2D eigenvalue weighted by atomic mass is 16.3. The van der Waals surface area contributed by atoms with Gasteiger partial charge in [0.2, 0.25) is 0 Å². The second-order valence-corrected chi connectivity index (χ2v) is 7.18. The third-order valence-corrected chi connectivity index (χ3v) is 6.19. The van der Waals surface area contributed by atoms with Gasteiger partial charge in [0.1, 0.15) is 0 Å². The molecule has 2 atom stereocenters. The van der Waals surface area contributed by atoms with Crippen LogP contribution >= 0.6 is 0 Å². The molecular formula is C17H28N2O. The minimum Gasteiger partial charge on any atom is -0.387 e. The number of hydrogen-bond acceptors (Lipinski definition) is 3. The van der Waals surface area contributed by atoms with E-state index in [0.717, 1.165) is 51.6 Å². The van der Waals surface area contributed by atoms with Gasteiger partial charge in [-0.25, -0.2) is 0 Å². The fourth-order valence-corrected chi connectivity index (χ4v) is 4.99.